The quantitative estimate of drug-likeness (QED) is 0.159. The lowest BCUT2D eigenvalue weighted by atomic mass is 9.74. The topological polar surface area (TPSA) is 0 Å². The molecule has 18 heteroatoms. The van der Waals surface area contributed by atoms with Gasteiger partial charge in [-0.15, -0.1) is 0 Å². The highest BCUT2D eigenvalue weighted by atomic mass is 19.4. The summed E-state index contributed by atoms with van der Waals surface area (Å²) in [5.41, 5.74) is -31.2. The van der Waals surface area contributed by atoms with Crippen LogP contribution in [0.3, 0.4) is 0 Å². The number of benzene rings is 5. The Hall–Kier alpha value is -5.16. The number of halogens is 18. The molecule has 0 atom stereocenters. The molecule has 0 amide bonds. The molecule has 0 aromatic heterocycles. The molecule has 0 aliphatic heterocycles. The number of alkyl halides is 18. The van der Waals surface area contributed by atoms with Crippen LogP contribution < -0.4 is 0 Å². The lowest BCUT2D eigenvalue weighted by Gasteiger charge is -2.32. The van der Waals surface area contributed by atoms with Crippen LogP contribution in [0.1, 0.15) is 33.4 Å². The molecule has 0 saturated carbocycles. The van der Waals surface area contributed by atoms with E-state index in [9.17, 15) is 52.7 Å². The summed E-state index contributed by atoms with van der Waals surface area (Å²) in [5, 5.41) is 0. The standard InChI is InChI=1S/C36H16F18/c37-31(38,39)21-13-5-1-9-17(21)25-26(18-10-2-6-14-22(18)32(40,41)42)30(36(52,53)54)28(20-12-4-8-16-24(20)34(46,47)48)27(29(25)35(49,50)51)19-11-3-7-15-23(19)33(43,44)45/h1-16H. The van der Waals surface area contributed by atoms with Gasteiger partial charge in [0.2, 0.25) is 0 Å². The van der Waals surface area contributed by atoms with Gasteiger partial charge in [-0.25, -0.2) is 0 Å². The summed E-state index contributed by atoms with van der Waals surface area (Å²) in [6.07, 6.45) is -35.9. The van der Waals surface area contributed by atoms with Gasteiger partial charge < -0.3 is 0 Å². The Balaban J connectivity index is 2.36. The number of hydrogen-bond acceptors (Lipinski definition) is 0. The van der Waals surface area contributed by atoms with Gasteiger partial charge in [-0.3, -0.25) is 0 Å². The van der Waals surface area contributed by atoms with Crippen molar-refractivity contribution in [3.8, 4) is 44.5 Å². The third-order valence-electron chi connectivity index (χ3n) is 8.07. The summed E-state index contributed by atoms with van der Waals surface area (Å²) >= 11 is 0. The lowest BCUT2D eigenvalue weighted by Crippen LogP contribution is -2.22. The average Bonchev–Trinajstić information content (AvgIpc) is 3.04. The highest BCUT2D eigenvalue weighted by Crippen LogP contribution is 2.61. The molecule has 0 aliphatic rings. The SMILES string of the molecule is FC(F)(F)c1ccccc1-c1c(-c2ccccc2C(F)(F)F)c(C(F)(F)F)c(-c2ccccc2C(F)(F)F)c(-c2ccccc2C(F)(F)F)c1C(F)(F)F. The van der Waals surface area contributed by atoms with Crippen molar-refractivity contribution in [3.63, 3.8) is 0 Å². The van der Waals surface area contributed by atoms with E-state index < -0.39 is 115 Å². The first kappa shape index (κ1) is 40.0. The van der Waals surface area contributed by atoms with Gasteiger partial charge in [0.15, 0.2) is 0 Å². The summed E-state index contributed by atoms with van der Waals surface area (Å²) in [7, 11) is 0. The molecule has 0 spiro atoms. The fourth-order valence-electron chi connectivity index (χ4n) is 6.19. The second-order valence-electron chi connectivity index (χ2n) is 11.4. The van der Waals surface area contributed by atoms with Crippen LogP contribution in [0.2, 0.25) is 0 Å². The molecule has 5 aromatic carbocycles. The van der Waals surface area contributed by atoms with Gasteiger partial charge in [-0.05, 0) is 46.5 Å². The molecule has 0 bridgehead atoms. The number of hydrogen-bond donors (Lipinski definition) is 0. The van der Waals surface area contributed by atoms with Gasteiger partial charge >= 0.3 is 37.1 Å². The second-order valence-corrected chi connectivity index (χ2v) is 11.4. The van der Waals surface area contributed by atoms with Crippen molar-refractivity contribution in [1.29, 1.82) is 0 Å². The van der Waals surface area contributed by atoms with Crippen LogP contribution in [0.4, 0.5) is 79.0 Å². The maximum absolute atomic E-state index is 15.7. The van der Waals surface area contributed by atoms with E-state index in [1.165, 1.54) is 0 Å². The van der Waals surface area contributed by atoms with Crippen molar-refractivity contribution in [2.75, 3.05) is 0 Å². The van der Waals surface area contributed by atoms with E-state index in [1.54, 1.807) is 0 Å². The Morgan fingerprint density at radius 3 is 0.537 bits per heavy atom. The molecule has 0 nitrogen and oxygen atoms in total. The molecule has 0 heterocycles. The molecular weight excluding hydrogens is 774 g/mol. The molecule has 0 N–H and O–H groups in total. The predicted molar refractivity (Wildman–Crippen MR) is 158 cm³/mol. The molecular formula is C36H16F18. The summed E-state index contributed by atoms with van der Waals surface area (Å²) in [5.74, 6) is 0. The van der Waals surface area contributed by atoms with Gasteiger partial charge in [-0.1, -0.05) is 72.8 Å². The van der Waals surface area contributed by atoms with Crippen LogP contribution in [-0.2, 0) is 37.1 Å². The van der Waals surface area contributed by atoms with Crippen LogP contribution in [0.5, 0.6) is 0 Å². The smallest absolute Gasteiger partial charge is 0.166 e. The Morgan fingerprint density at radius 2 is 0.389 bits per heavy atom. The minimum Gasteiger partial charge on any atom is -0.166 e. The summed E-state index contributed by atoms with van der Waals surface area (Å²) in [6.45, 7) is 0. The first-order valence-corrected chi connectivity index (χ1v) is 14.7. The largest absolute Gasteiger partial charge is 0.417 e. The van der Waals surface area contributed by atoms with Crippen molar-refractivity contribution in [2.24, 2.45) is 0 Å². The van der Waals surface area contributed by atoms with Crippen molar-refractivity contribution >= 4 is 0 Å². The molecule has 5 aromatic rings. The normalized spacial score (nSPS) is 13.4. The molecule has 54 heavy (non-hydrogen) atoms. The van der Waals surface area contributed by atoms with Crippen molar-refractivity contribution < 1.29 is 79.0 Å². The van der Waals surface area contributed by atoms with E-state index in [0.29, 0.717) is 48.5 Å². The van der Waals surface area contributed by atoms with Gasteiger partial charge in [0.25, 0.3) is 0 Å². The van der Waals surface area contributed by atoms with Crippen molar-refractivity contribution in [1.82, 2.24) is 0 Å². The Morgan fingerprint density at radius 1 is 0.222 bits per heavy atom. The van der Waals surface area contributed by atoms with Crippen LogP contribution in [-0.4, -0.2) is 0 Å². The van der Waals surface area contributed by atoms with Crippen LogP contribution in [0.25, 0.3) is 44.5 Å². The first-order chi connectivity index (χ1) is 24.7. The van der Waals surface area contributed by atoms with Crippen molar-refractivity contribution in [2.45, 2.75) is 37.1 Å². The van der Waals surface area contributed by atoms with Gasteiger partial charge in [0, 0.05) is 22.3 Å². The highest BCUT2D eigenvalue weighted by molar-refractivity contribution is 6.04. The van der Waals surface area contributed by atoms with E-state index >= 15 is 26.3 Å². The minimum absolute atomic E-state index is 0.0540. The minimum atomic E-state index is -6.39. The zero-order valence-electron chi connectivity index (χ0n) is 26.0. The molecule has 286 valence electrons. The van der Waals surface area contributed by atoms with Crippen LogP contribution in [0, 0.1) is 0 Å². The average molecular weight is 790 g/mol. The molecule has 0 aliphatic carbocycles. The van der Waals surface area contributed by atoms with E-state index in [1.807, 2.05) is 0 Å². The van der Waals surface area contributed by atoms with E-state index in [4.69, 9.17) is 0 Å². The predicted octanol–water partition coefficient (Wildman–Crippen LogP) is 14.5. The Kier molecular flexibility index (Phi) is 9.86. The van der Waals surface area contributed by atoms with Crippen LogP contribution >= 0.6 is 0 Å². The third-order valence-corrected chi connectivity index (χ3v) is 8.07. The van der Waals surface area contributed by atoms with Gasteiger partial charge in [-0.2, -0.15) is 79.0 Å². The molecule has 0 fully saturated rings. The lowest BCUT2D eigenvalue weighted by molar-refractivity contribution is -0.141. The summed E-state index contributed by atoms with van der Waals surface area (Å²) < 4.78 is 269. The second kappa shape index (κ2) is 13.3. The molecule has 0 unspecified atom stereocenters. The molecule has 0 saturated heterocycles. The maximum atomic E-state index is 15.7. The van der Waals surface area contributed by atoms with E-state index in [-0.39, 0.29) is 48.5 Å². The van der Waals surface area contributed by atoms with Gasteiger partial charge in [0.05, 0.1) is 33.4 Å². The fourth-order valence-corrected chi connectivity index (χ4v) is 6.19. The number of rotatable bonds is 4. The Bertz CT molecular complexity index is 1890. The molecule has 5 rings (SSSR count). The van der Waals surface area contributed by atoms with Gasteiger partial charge in [0.1, 0.15) is 0 Å². The first-order valence-electron chi connectivity index (χ1n) is 14.7. The maximum Gasteiger partial charge on any atom is 0.417 e. The summed E-state index contributed by atoms with van der Waals surface area (Å²) in [4.78, 5) is 0. The fraction of sp³-hybridized carbons (Fsp3) is 0.167. The Labute approximate surface area is 291 Å². The van der Waals surface area contributed by atoms with Crippen LogP contribution in [0.15, 0.2) is 97.1 Å². The highest BCUT2D eigenvalue weighted by Gasteiger charge is 2.51. The summed E-state index contributed by atoms with van der Waals surface area (Å²) in [6, 6.07) is 5.29. The zero-order chi connectivity index (χ0) is 40.4. The van der Waals surface area contributed by atoms with Crippen molar-refractivity contribution in [3.05, 3.63) is 130 Å². The van der Waals surface area contributed by atoms with E-state index in [0.717, 1.165) is 0 Å². The zero-order valence-corrected chi connectivity index (χ0v) is 26.0. The van der Waals surface area contributed by atoms with E-state index in [2.05, 4.69) is 0 Å². The monoisotopic (exact) mass is 790 g/mol. The third kappa shape index (κ3) is 7.46. The molecule has 0 radical (unpaired) electrons.